The third-order valence-corrected chi connectivity index (χ3v) is 4.68. The van der Waals surface area contributed by atoms with Gasteiger partial charge in [-0.2, -0.15) is 0 Å². The minimum absolute atomic E-state index is 0.125. The monoisotopic (exact) mass is 294 g/mol. The highest BCUT2D eigenvalue weighted by Gasteiger charge is 2.46. The predicted molar refractivity (Wildman–Crippen MR) is 75.5 cm³/mol. The first-order valence-corrected chi connectivity index (χ1v) is 7.59. The number of rotatable bonds is 4. The number of fused-ring (bicyclic) bond motifs is 2. The molecular weight excluding hydrogens is 272 g/mol. The van der Waals surface area contributed by atoms with Crippen molar-refractivity contribution in [3.05, 3.63) is 11.8 Å². The van der Waals surface area contributed by atoms with Gasteiger partial charge in [0.1, 0.15) is 0 Å². The van der Waals surface area contributed by atoms with Crippen LogP contribution in [0, 0.1) is 5.92 Å². The molecular formula is C15H22N2O4. The van der Waals surface area contributed by atoms with Crippen LogP contribution in [0.4, 0.5) is 4.79 Å². The quantitative estimate of drug-likeness (QED) is 0.733. The maximum atomic E-state index is 11.8. The maximum Gasteiger partial charge on any atom is 0.414 e. The molecule has 2 fully saturated rings. The Morgan fingerprint density at radius 3 is 2.71 bits per heavy atom. The van der Waals surface area contributed by atoms with Crippen molar-refractivity contribution in [3.63, 3.8) is 0 Å². The standard InChI is InChI=1S/C15H22N2O4/c1-3-21-15(19)17-9-11-5-12(17)6-13(11)16-7-10(8-16)4-14(18)20-2/h9-10,12-13H,3-8H2,1-2H3. The van der Waals surface area contributed by atoms with Crippen molar-refractivity contribution >= 4 is 12.1 Å². The molecule has 116 valence electrons. The summed E-state index contributed by atoms with van der Waals surface area (Å²) < 4.78 is 9.77. The molecule has 6 heteroatoms. The molecule has 0 radical (unpaired) electrons. The molecule has 2 aliphatic heterocycles. The fourth-order valence-corrected chi connectivity index (χ4v) is 3.63. The average molecular weight is 294 g/mol. The van der Waals surface area contributed by atoms with Crippen LogP contribution >= 0.6 is 0 Å². The summed E-state index contributed by atoms with van der Waals surface area (Å²) in [6.45, 7) is 4.13. The molecule has 0 N–H and O–H groups in total. The topological polar surface area (TPSA) is 59.1 Å². The van der Waals surface area contributed by atoms with Crippen LogP contribution in [0.25, 0.3) is 0 Å². The van der Waals surface area contributed by atoms with Crippen molar-refractivity contribution in [2.75, 3.05) is 26.8 Å². The van der Waals surface area contributed by atoms with Crippen LogP contribution < -0.4 is 0 Å². The minimum atomic E-state index is -0.233. The van der Waals surface area contributed by atoms with Gasteiger partial charge in [-0.05, 0) is 31.3 Å². The highest BCUT2D eigenvalue weighted by atomic mass is 16.6. The van der Waals surface area contributed by atoms with Crippen LogP contribution in [0.15, 0.2) is 11.8 Å². The van der Waals surface area contributed by atoms with E-state index in [9.17, 15) is 9.59 Å². The molecule has 0 spiro atoms. The van der Waals surface area contributed by atoms with Gasteiger partial charge in [-0.1, -0.05) is 0 Å². The first-order valence-electron chi connectivity index (χ1n) is 7.59. The Kier molecular flexibility index (Phi) is 3.89. The average Bonchev–Trinajstić information content (AvgIpc) is 3.02. The SMILES string of the molecule is CCOC(=O)N1C=C2CC1CC2N1CC(CC(=O)OC)C1. The number of nitrogens with zero attached hydrogens (tertiary/aromatic N) is 2. The van der Waals surface area contributed by atoms with Crippen molar-refractivity contribution in [1.82, 2.24) is 9.80 Å². The Morgan fingerprint density at radius 2 is 2.14 bits per heavy atom. The summed E-state index contributed by atoms with van der Waals surface area (Å²) in [7, 11) is 1.43. The van der Waals surface area contributed by atoms with Gasteiger partial charge in [0.05, 0.1) is 20.1 Å². The summed E-state index contributed by atoms with van der Waals surface area (Å²) in [6, 6.07) is 0.693. The number of carbonyl (C=O) groups excluding carboxylic acids is 2. The van der Waals surface area contributed by atoms with E-state index < -0.39 is 0 Å². The summed E-state index contributed by atoms with van der Waals surface area (Å²) in [5, 5.41) is 0. The second kappa shape index (κ2) is 5.67. The Morgan fingerprint density at radius 1 is 1.38 bits per heavy atom. The highest BCUT2D eigenvalue weighted by molar-refractivity contribution is 5.71. The Balaban J connectivity index is 1.52. The van der Waals surface area contributed by atoms with E-state index in [1.54, 1.807) is 4.90 Å². The number of esters is 1. The molecule has 1 saturated carbocycles. The lowest BCUT2D eigenvalue weighted by Gasteiger charge is -2.44. The van der Waals surface area contributed by atoms with E-state index >= 15 is 0 Å². The zero-order valence-electron chi connectivity index (χ0n) is 12.6. The van der Waals surface area contributed by atoms with E-state index in [-0.39, 0.29) is 18.1 Å². The van der Waals surface area contributed by atoms with Crippen molar-refractivity contribution in [3.8, 4) is 0 Å². The van der Waals surface area contributed by atoms with Gasteiger partial charge in [0.25, 0.3) is 0 Å². The molecule has 0 aromatic carbocycles. The van der Waals surface area contributed by atoms with Crippen LogP contribution in [0.5, 0.6) is 0 Å². The van der Waals surface area contributed by atoms with Gasteiger partial charge in [-0.3, -0.25) is 14.6 Å². The molecule has 21 heavy (non-hydrogen) atoms. The van der Waals surface area contributed by atoms with E-state index in [4.69, 9.17) is 9.47 Å². The molecule has 1 saturated heterocycles. The number of methoxy groups -OCH3 is 1. The first kappa shape index (κ1) is 14.4. The number of amides is 1. The second-order valence-electron chi connectivity index (χ2n) is 6.02. The number of hydrogen-bond acceptors (Lipinski definition) is 5. The fourth-order valence-electron chi connectivity index (χ4n) is 3.63. The number of likely N-dealkylation sites (tertiary alicyclic amines) is 1. The van der Waals surface area contributed by atoms with Gasteiger partial charge >= 0.3 is 12.1 Å². The molecule has 1 amide bonds. The van der Waals surface area contributed by atoms with E-state index in [2.05, 4.69) is 4.90 Å². The third kappa shape index (κ3) is 2.64. The predicted octanol–water partition coefficient (Wildman–Crippen LogP) is 1.37. The molecule has 1 aliphatic carbocycles. The highest BCUT2D eigenvalue weighted by Crippen LogP contribution is 2.41. The molecule has 3 rings (SSSR count). The van der Waals surface area contributed by atoms with E-state index in [0.717, 1.165) is 25.9 Å². The van der Waals surface area contributed by atoms with E-state index in [1.165, 1.54) is 12.7 Å². The summed E-state index contributed by atoms with van der Waals surface area (Å²) in [6.07, 6.45) is 4.18. The van der Waals surface area contributed by atoms with E-state index in [0.29, 0.717) is 25.0 Å². The fraction of sp³-hybridized carbons (Fsp3) is 0.733. The van der Waals surface area contributed by atoms with Crippen molar-refractivity contribution in [1.29, 1.82) is 0 Å². The molecule has 3 aliphatic rings. The maximum absolute atomic E-state index is 11.8. The molecule has 6 nitrogen and oxygen atoms in total. The van der Waals surface area contributed by atoms with Crippen molar-refractivity contribution in [2.45, 2.75) is 38.3 Å². The Labute approximate surface area is 124 Å². The van der Waals surface area contributed by atoms with Crippen LogP contribution in [-0.4, -0.2) is 60.8 Å². The second-order valence-corrected chi connectivity index (χ2v) is 6.02. The molecule has 2 unspecified atom stereocenters. The number of carbonyl (C=O) groups is 2. The van der Waals surface area contributed by atoms with Crippen molar-refractivity contribution < 1.29 is 19.1 Å². The Hall–Kier alpha value is -1.56. The number of hydrogen-bond donors (Lipinski definition) is 0. The molecule has 0 aromatic rings. The zero-order chi connectivity index (χ0) is 15.0. The molecule has 2 bridgehead atoms. The Bertz CT molecular complexity index is 470. The van der Waals surface area contributed by atoms with Gasteiger partial charge < -0.3 is 9.47 Å². The zero-order valence-corrected chi connectivity index (χ0v) is 12.6. The molecule has 2 atom stereocenters. The smallest absolute Gasteiger partial charge is 0.414 e. The number of ether oxygens (including phenoxy) is 2. The van der Waals surface area contributed by atoms with Gasteiger partial charge in [-0.25, -0.2) is 4.79 Å². The summed E-state index contributed by atoms with van der Waals surface area (Å²) in [5.74, 6) is 0.290. The van der Waals surface area contributed by atoms with Crippen LogP contribution in [-0.2, 0) is 14.3 Å². The van der Waals surface area contributed by atoms with Gasteiger partial charge in [0.2, 0.25) is 0 Å². The van der Waals surface area contributed by atoms with Crippen molar-refractivity contribution in [2.24, 2.45) is 5.92 Å². The summed E-state index contributed by atoms with van der Waals surface area (Å²) in [5.41, 5.74) is 1.32. The van der Waals surface area contributed by atoms with Gasteiger partial charge in [0.15, 0.2) is 0 Å². The third-order valence-electron chi connectivity index (χ3n) is 4.68. The summed E-state index contributed by atoms with van der Waals surface area (Å²) in [4.78, 5) is 27.2. The van der Waals surface area contributed by atoms with E-state index in [1.807, 2.05) is 13.1 Å². The molecule has 0 aromatic heterocycles. The molecule has 2 heterocycles. The lowest BCUT2D eigenvalue weighted by molar-refractivity contribution is -0.143. The van der Waals surface area contributed by atoms with Gasteiger partial charge in [-0.15, -0.1) is 0 Å². The van der Waals surface area contributed by atoms with Crippen LogP contribution in [0.2, 0.25) is 0 Å². The lowest BCUT2D eigenvalue weighted by atomic mass is 9.92. The van der Waals surface area contributed by atoms with Crippen LogP contribution in [0.3, 0.4) is 0 Å². The van der Waals surface area contributed by atoms with Gasteiger partial charge in [0, 0.05) is 31.4 Å². The first-order chi connectivity index (χ1) is 10.1. The van der Waals surface area contributed by atoms with Crippen LogP contribution in [0.1, 0.15) is 26.2 Å². The minimum Gasteiger partial charge on any atom is -0.469 e. The lowest BCUT2D eigenvalue weighted by Crippen LogP contribution is -2.53. The largest absolute Gasteiger partial charge is 0.469 e. The normalized spacial score (nSPS) is 28.3. The summed E-state index contributed by atoms with van der Waals surface area (Å²) >= 11 is 0.